The number of carbonyl (C=O) groups is 2. The smallest absolute Gasteiger partial charge is 0.306 e. The molecule has 0 aromatic rings. The Kier molecular flexibility index (Phi) is 34.5. The van der Waals surface area contributed by atoms with E-state index in [1.54, 1.807) is 0 Å². The van der Waals surface area contributed by atoms with Gasteiger partial charge in [-0.25, -0.2) is 0 Å². The highest BCUT2D eigenvalue weighted by Crippen LogP contribution is 2.13. The van der Waals surface area contributed by atoms with E-state index in [9.17, 15) is 14.7 Å². The summed E-state index contributed by atoms with van der Waals surface area (Å²) in [6.45, 7) is 4.11. The molecule has 0 saturated heterocycles. The topological polar surface area (TPSA) is 72.8 Å². The van der Waals surface area contributed by atoms with Crippen molar-refractivity contribution in [2.75, 3.05) is 13.2 Å². The lowest BCUT2D eigenvalue weighted by molar-refractivity contribution is -0.161. The van der Waals surface area contributed by atoms with Gasteiger partial charge in [-0.2, -0.15) is 0 Å². The van der Waals surface area contributed by atoms with Crippen LogP contribution in [0.3, 0.4) is 0 Å². The van der Waals surface area contributed by atoms with Gasteiger partial charge in [0.1, 0.15) is 6.61 Å². The van der Waals surface area contributed by atoms with Crippen LogP contribution in [0.5, 0.6) is 0 Å². The lowest BCUT2D eigenvalue weighted by atomic mass is 10.1. The van der Waals surface area contributed by atoms with Crippen LogP contribution in [0.2, 0.25) is 0 Å². The van der Waals surface area contributed by atoms with Gasteiger partial charge in [0.2, 0.25) is 0 Å². The van der Waals surface area contributed by atoms with Crippen LogP contribution in [0.15, 0.2) is 24.3 Å². The molecule has 0 bridgehead atoms. The minimum absolute atomic E-state index is 0.0694. The number of allylic oxidation sites excluding steroid dienone is 4. The number of esters is 2. The molecule has 5 heteroatoms. The molecular formula is C39H72O5. The zero-order valence-electron chi connectivity index (χ0n) is 29.2. The summed E-state index contributed by atoms with van der Waals surface area (Å²) in [7, 11) is 0. The molecule has 0 amide bonds. The zero-order chi connectivity index (χ0) is 32.2. The largest absolute Gasteiger partial charge is 0.462 e. The first-order chi connectivity index (χ1) is 21.6. The zero-order valence-corrected chi connectivity index (χ0v) is 29.2. The predicted molar refractivity (Wildman–Crippen MR) is 187 cm³/mol. The van der Waals surface area contributed by atoms with Gasteiger partial charge in [-0.1, -0.05) is 141 Å². The molecule has 0 heterocycles. The Morgan fingerprint density at radius 2 is 0.841 bits per heavy atom. The Bertz CT molecular complexity index is 671. The van der Waals surface area contributed by atoms with E-state index in [0.29, 0.717) is 12.8 Å². The monoisotopic (exact) mass is 621 g/mol. The van der Waals surface area contributed by atoms with Crippen LogP contribution in [0, 0.1) is 0 Å². The number of unbranched alkanes of at least 4 members (excludes halogenated alkanes) is 22. The van der Waals surface area contributed by atoms with Gasteiger partial charge in [-0.15, -0.1) is 0 Å². The van der Waals surface area contributed by atoms with E-state index in [-0.39, 0.29) is 25.2 Å². The molecule has 0 aliphatic heterocycles. The van der Waals surface area contributed by atoms with Crippen LogP contribution >= 0.6 is 0 Å². The first-order valence-corrected chi connectivity index (χ1v) is 18.9. The minimum Gasteiger partial charge on any atom is -0.462 e. The van der Waals surface area contributed by atoms with Crippen LogP contribution in [0.1, 0.15) is 194 Å². The van der Waals surface area contributed by atoms with E-state index < -0.39 is 6.10 Å². The maximum Gasteiger partial charge on any atom is 0.306 e. The highest BCUT2D eigenvalue weighted by molar-refractivity contribution is 5.70. The molecule has 1 N–H and O–H groups in total. The molecule has 0 spiro atoms. The van der Waals surface area contributed by atoms with Crippen molar-refractivity contribution in [3.63, 3.8) is 0 Å². The molecule has 0 aliphatic carbocycles. The Morgan fingerprint density at radius 3 is 1.25 bits per heavy atom. The fourth-order valence-electron chi connectivity index (χ4n) is 5.31. The molecule has 0 aromatic carbocycles. The Labute approximate surface area is 273 Å². The van der Waals surface area contributed by atoms with Gasteiger partial charge in [-0.05, 0) is 64.2 Å². The predicted octanol–water partition coefficient (Wildman–Crippen LogP) is 11.5. The molecule has 0 fully saturated rings. The summed E-state index contributed by atoms with van der Waals surface area (Å²) < 4.78 is 10.6. The summed E-state index contributed by atoms with van der Waals surface area (Å²) in [6.07, 6.45) is 40.9. The second-order valence-corrected chi connectivity index (χ2v) is 12.6. The maximum atomic E-state index is 12.1. The fraction of sp³-hybridized carbons (Fsp3) is 0.846. The highest BCUT2D eigenvalue weighted by atomic mass is 16.6. The van der Waals surface area contributed by atoms with Crippen molar-refractivity contribution >= 4 is 11.9 Å². The normalized spacial score (nSPS) is 12.3. The van der Waals surface area contributed by atoms with Crippen molar-refractivity contribution in [3.05, 3.63) is 24.3 Å². The number of ether oxygens (including phenoxy) is 2. The molecule has 258 valence electrons. The molecule has 44 heavy (non-hydrogen) atoms. The van der Waals surface area contributed by atoms with Crippen LogP contribution in [-0.2, 0) is 19.1 Å². The van der Waals surface area contributed by atoms with Crippen LogP contribution in [-0.4, -0.2) is 36.4 Å². The van der Waals surface area contributed by atoms with Crippen molar-refractivity contribution in [1.29, 1.82) is 0 Å². The van der Waals surface area contributed by atoms with Crippen molar-refractivity contribution in [2.45, 2.75) is 200 Å². The second-order valence-electron chi connectivity index (χ2n) is 12.6. The first-order valence-electron chi connectivity index (χ1n) is 18.9. The van der Waals surface area contributed by atoms with E-state index in [1.807, 2.05) is 0 Å². The second kappa shape index (κ2) is 35.9. The standard InChI is InChI=1S/C39H72O5/c1-3-5-7-9-11-13-15-17-18-19-20-22-24-26-28-30-32-34-39(42)44-37(35-40)36-43-38(41)33-31-29-27-25-23-21-16-14-12-10-8-6-4-2/h14,16-18,37,40H,3-13,15,19-36H2,1-2H3/b16-14+,18-17+/t37-/m0/s1. The molecule has 0 saturated carbocycles. The Morgan fingerprint density at radius 1 is 0.500 bits per heavy atom. The summed E-state index contributed by atoms with van der Waals surface area (Å²) in [5.74, 6) is -0.603. The van der Waals surface area contributed by atoms with Gasteiger partial charge in [0.05, 0.1) is 6.61 Å². The molecule has 5 nitrogen and oxygen atoms in total. The Balaban J connectivity index is 3.56. The molecule has 0 aliphatic rings. The van der Waals surface area contributed by atoms with Crippen LogP contribution < -0.4 is 0 Å². The van der Waals surface area contributed by atoms with Gasteiger partial charge >= 0.3 is 11.9 Å². The third-order valence-corrected chi connectivity index (χ3v) is 8.22. The van der Waals surface area contributed by atoms with Gasteiger partial charge in [0.15, 0.2) is 6.10 Å². The maximum absolute atomic E-state index is 12.1. The summed E-state index contributed by atoms with van der Waals surface area (Å²) in [4.78, 5) is 24.2. The Hall–Kier alpha value is -1.62. The molecule has 0 aromatic heterocycles. The average Bonchev–Trinajstić information content (AvgIpc) is 3.02. The lowest BCUT2D eigenvalue weighted by Gasteiger charge is -2.15. The van der Waals surface area contributed by atoms with Crippen LogP contribution in [0.4, 0.5) is 0 Å². The van der Waals surface area contributed by atoms with Crippen LogP contribution in [0.25, 0.3) is 0 Å². The number of hydrogen-bond acceptors (Lipinski definition) is 5. The summed E-state index contributed by atoms with van der Waals surface area (Å²) >= 11 is 0. The fourth-order valence-corrected chi connectivity index (χ4v) is 5.31. The van der Waals surface area contributed by atoms with Crippen molar-refractivity contribution in [1.82, 2.24) is 0 Å². The third kappa shape index (κ3) is 33.3. The average molecular weight is 621 g/mol. The molecule has 1 atom stereocenters. The van der Waals surface area contributed by atoms with Crippen molar-refractivity contribution < 1.29 is 24.2 Å². The molecular weight excluding hydrogens is 548 g/mol. The van der Waals surface area contributed by atoms with Gasteiger partial charge in [-0.3, -0.25) is 9.59 Å². The number of aliphatic hydroxyl groups excluding tert-OH is 1. The molecule has 0 radical (unpaired) electrons. The van der Waals surface area contributed by atoms with E-state index in [4.69, 9.17) is 9.47 Å². The SMILES string of the molecule is CCCCCC/C=C/CCCCCCCC(=O)OC[C@H](CO)OC(=O)CCCCCCCCC/C=C/CCCCCCCC. The quantitative estimate of drug-likeness (QED) is 0.0440. The van der Waals surface area contributed by atoms with E-state index in [1.165, 1.54) is 122 Å². The first kappa shape index (κ1) is 42.4. The van der Waals surface area contributed by atoms with Gasteiger partial charge in [0, 0.05) is 12.8 Å². The number of carbonyl (C=O) groups excluding carboxylic acids is 2. The molecule has 0 unspecified atom stereocenters. The summed E-state index contributed by atoms with van der Waals surface area (Å²) in [5.41, 5.74) is 0. The van der Waals surface area contributed by atoms with E-state index >= 15 is 0 Å². The summed E-state index contributed by atoms with van der Waals surface area (Å²) in [5, 5.41) is 9.53. The van der Waals surface area contributed by atoms with Gasteiger partial charge < -0.3 is 14.6 Å². The highest BCUT2D eigenvalue weighted by Gasteiger charge is 2.16. The third-order valence-electron chi connectivity index (χ3n) is 8.22. The number of rotatable bonds is 34. The lowest BCUT2D eigenvalue weighted by Crippen LogP contribution is -2.28. The van der Waals surface area contributed by atoms with Gasteiger partial charge in [0.25, 0.3) is 0 Å². The van der Waals surface area contributed by atoms with Crippen molar-refractivity contribution in [3.8, 4) is 0 Å². The molecule has 0 rings (SSSR count). The van der Waals surface area contributed by atoms with E-state index in [2.05, 4.69) is 38.2 Å². The minimum atomic E-state index is -0.772. The van der Waals surface area contributed by atoms with Crippen molar-refractivity contribution in [2.24, 2.45) is 0 Å². The van der Waals surface area contributed by atoms with E-state index in [0.717, 1.165) is 44.9 Å². The summed E-state index contributed by atoms with van der Waals surface area (Å²) in [6, 6.07) is 0. The number of hydrogen-bond donors (Lipinski definition) is 1. The number of aliphatic hydroxyl groups is 1.